The number of rotatable bonds is 4. The molecular formula is C18H19N5O2. The molecule has 25 heavy (non-hydrogen) atoms. The molecule has 0 unspecified atom stereocenters. The molecule has 0 spiro atoms. The molecule has 2 N–H and O–H groups in total. The molecule has 3 aromatic rings. The Morgan fingerprint density at radius 2 is 2.16 bits per heavy atom. The van der Waals surface area contributed by atoms with E-state index >= 15 is 0 Å². The van der Waals surface area contributed by atoms with Crippen LogP contribution in [0.3, 0.4) is 0 Å². The Bertz CT molecular complexity index is 1020. The van der Waals surface area contributed by atoms with Gasteiger partial charge in [0.1, 0.15) is 12.4 Å². The van der Waals surface area contributed by atoms with E-state index in [1.807, 2.05) is 12.1 Å². The first-order valence-corrected chi connectivity index (χ1v) is 8.34. The van der Waals surface area contributed by atoms with Crippen molar-refractivity contribution in [2.45, 2.75) is 32.7 Å². The Balaban J connectivity index is 1.53. The first-order valence-electron chi connectivity index (χ1n) is 8.34. The molecule has 7 nitrogen and oxygen atoms in total. The predicted octanol–water partition coefficient (Wildman–Crippen LogP) is 2.19. The molecule has 1 aliphatic carbocycles. The summed E-state index contributed by atoms with van der Waals surface area (Å²) in [5.74, 6) is 1.86. The van der Waals surface area contributed by atoms with E-state index in [4.69, 9.17) is 0 Å². The Morgan fingerprint density at radius 3 is 2.92 bits per heavy atom. The minimum Gasteiger partial charge on any atom is -0.308 e. The van der Waals surface area contributed by atoms with Crippen molar-refractivity contribution in [2.75, 3.05) is 5.32 Å². The van der Waals surface area contributed by atoms with Gasteiger partial charge in [0.2, 0.25) is 5.91 Å². The summed E-state index contributed by atoms with van der Waals surface area (Å²) >= 11 is 0. The third-order valence-corrected chi connectivity index (χ3v) is 4.73. The Morgan fingerprint density at radius 1 is 1.40 bits per heavy atom. The lowest BCUT2D eigenvalue weighted by Crippen LogP contribution is -2.30. The average Bonchev–Trinajstić information content (AvgIpc) is 3.13. The van der Waals surface area contributed by atoms with E-state index in [-0.39, 0.29) is 18.0 Å². The zero-order valence-corrected chi connectivity index (χ0v) is 14.1. The summed E-state index contributed by atoms with van der Waals surface area (Å²) in [6.07, 6.45) is 1.15. The summed E-state index contributed by atoms with van der Waals surface area (Å²) in [6.45, 7) is 3.82. The minimum atomic E-state index is -0.302. The molecule has 2 aromatic heterocycles. The normalized spacial score (nSPS) is 19.1. The third-order valence-electron chi connectivity index (χ3n) is 4.73. The van der Waals surface area contributed by atoms with Gasteiger partial charge in [-0.15, -0.1) is 0 Å². The largest absolute Gasteiger partial charge is 0.308 e. The maximum Gasteiger partial charge on any atom is 0.261 e. The van der Waals surface area contributed by atoms with Crippen LogP contribution in [0.2, 0.25) is 0 Å². The van der Waals surface area contributed by atoms with Crippen LogP contribution in [-0.4, -0.2) is 25.7 Å². The number of nitrogens with zero attached hydrogens (tertiary/aromatic N) is 3. The second-order valence-electron chi connectivity index (χ2n) is 6.64. The van der Waals surface area contributed by atoms with Gasteiger partial charge in [0.05, 0.1) is 10.9 Å². The molecule has 1 aliphatic rings. The fourth-order valence-electron chi connectivity index (χ4n) is 3.14. The van der Waals surface area contributed by atoms with Crippen LogP contribution in [0.1, 0.15) is 30.8 Å². The number of fused-ring (bicyclic) bond motifs is 1. The van der Waals surface area contributed by atoms with Gasteiger partial charge < -0.3 is 5.32 Å². The lowest BCUT2D eigenvalue weighted by Gasteiger charge is -2.10. The van der Waals surface area contributed by atoms with Crippen LogP contribution in [0, 0.1) is 12.8 Å². The molecule has 1 fully saturated rings. The van der Waals surface area contributed by atoms with Crippen molar-refractivity contribution < 1.29 is 4.79 Å². The molecule has 7 heteroatoms. The Labute approximate surface area is 144 Å². The number of aromatic nitrogens is 4. The van der Waals surface area contributed by atoms with Crippen molar-refractivity contribution in [1.82, 2.24) is 19.7 Å². The number of anilines is 1. The maximum absolute atomic E-state index is 12.6. The molecular weight excluding hydrogens is 318 g/mol. The molecule has 2 heterocycles. The van der Waals surface area contributed by atoms with E-state index in [0.29, 0.717) is 34.4 Å². The lowest BCUT2D eigenvalue weighted by atomic mass is 10.2. The van der Waals surface area contributed by atoms with Gasteiger partial charge >= 0.3 is 0 Å². The van der Waals surface area contributed by atoms with E-state index in [1.54, 1.807) is 25.1 Å². The average molecular weight is 337 g/mol. The van der Waals surface area contributed by atoms with Crippen LogP contribution >= 0.6 is 0 Å². The molecule has 4 rings (SSSR count). The molecule has 1 aromatic carbocycles. The second kappa shape index (κ2) is 5.84. The number of carbonyl (C=O) groups excluding carboxylic acids is 1. The van der Waals surface area contributed by atoms with Gasteiger partial charge in [-0.1, -0.05) is 19.1 Å². The minimum absolute atomic E-state index is 0.0927. The molecule has 1 amide bonds. The number of H-pyrrole nitrogens is 1. The summed E-state index contributed by atoms with van der Waals surface area (Å²) in [4.78, 5) is 29.3. The van der Waals surface area contributed by atoms with E-state index in [9.17, 15) is 9.59 Å². The van der Waals surface area contributed by atoms with E-state index in [0.717, 1.165) is 12.1 Å². The Kier molecular flexibility index (Phi) is 3.63. The Hall–Kier alpha value is -2.96. The number of benzene rings is 1. The number of para-hydroxylation sites is 1. The van der Waals surface area contributed by atoms with Crippen LogP contribution in [0.25, 0.3) is 10.9 Å². The third kappa shape index (κ3) is 2.93. The number of amides is 1. The molecule has 128 valence electrons. The number of aromatic amines is 1. The summed E-state index contributed by atoms with van der Waals surface area (Å²) in [5, 5.41) is 10.3. The highest BCUT2D eigenvalue weighted by Gasteiger charge is 2.35. The zero-order valence-electron chi connectivity index (χ0n) is 14.1. The number of nitrogens with one attached hydrogen (secondary N) is 2. The van der Waals surface area contributed by atoms with Crippen molar-refractivity contribution >= 4 is 22.6 Å². The summed E-state index contributed by atoms with van der Waals surface area (Å²) in [7, 11) is 0. The van der Waals surface area contributed by atoms with Gasteiger partial charge in [0.25, 0.3) is 5.56 Å². The fraction of sp³-hybridized carbons (Fsp3) is 0.333. The van der Waals surface area contributed by atoms with Crippen LogP contribution in [0.15, 0.2) is 35.1 Å². The van der Waals surface area contributed by atoms with Crippen LogP contribution in [0.5, 0.6) is 0 Å². The number of carbonyl (C=O) groups is 1. The fourth-order valence-corrected chi connectivity index (χ4v) is 3.14. The standard InChI is InChI=1S/C18H19N5O2/c1-10-7-13(10)15-8-16(22-21-15)20-17(24)9-23-11(2)19-14-6-4-3-5-12(14)18(23)25/h3-6,8,10,13H,7,9H2,1-2H3,(H2,20,21,22,24)/t10-,13+/m0/s1. The van der Waals surface area contributed by atoms with Gasteiger partial charge in [0.15, 0.2) is 5.82 Å². The van der Waals surface area contributed by atoms with E-state index in [1.165, 1.54) is 4.57 Å². The second-order valence-corrected chi connectivity index (χ2v) is 6.64. The van der Waals surface area contributed by atoms with E-state index in [2.05, 4.69) is 27.4 Å². The lowest BCUT2D eigenvalue weighted by molar-refractivity contribution is -0.116. The molecule has 0 bridgehead atoms. The molecule has 1 saturated carbocycles. The van der Waals surface area contributed by atoms with Gasteiger partial charge in [-0.2, -0.15) is 5.10 Å². The zero-order chi connectivity index (χ0) is 17.6. The quantitative estimate of drug-likeness (QED) is 0.763. The van der Waals surface area contributed by atoms with Gasteiger partial charge in [0, 0.05) is 17.7 Å². The van der Waals surface area contributed by atoms with Crippen LogP contribution in [-0.2, 0) is 11.3 Å². The predicted molar refractivity (Wildman–Crippen MR) is 94.5 cm³/mol. The highest BCUT2D eigenvalue weighted by Crippen LogP contribution is 2.46. The van der Waals surface area contributed by atoms with Crippen molar-refractivity contribution in [3.8, 4) is 0 Å². The van der Waals surface area contributed by atoms with Gasteiger partial charge in [-0.25, -0.2) is 4.98 Å². The van der Waals surface area contributed by atoms with Crippen molar-refractivity contribution in [2.24, 2.45) is 5.92 Å². The number of hydrogen-bond acceptors (Lipinski definition) is 4. The molecule has 2 atom stereocenters. The van der Waals surface area contributed by atoms with Gasteiger partial charge in [-0.3, -0.25) is 19.3 Å². The van der Waals surface area contributed by atoms with Crippen LogP contribution < -0.4 is 10.9 Å². The first-order chi connectivity index (χ1) is 12.0. The van der Waals surface area contributed by atoms with Crippen molar-refractivity contribution in [3.05, 3.63) is 52.2 Å². The summed E-state index contributed by atoms with van der Waals surface area (Å²) < 4.78 is 1.38. The number of aryl methyl sites for hydroxylation is 1. The van der Waals surface area contributed by atoms with Gasteiger partial charge in [-0.05, 0) is 31.4 Å². The molecule has 0 saturated heterocycles. The molecule has 0 aliphatic heterocycles. The van der Waals surface area contributed by atoms with E-state index < -0.39 is 0 Å². The first kappa shape index (κ1) is 15.6. The summed E-state index contributed by atoms with van der Waals surface area (Å²) in [5.41, 5.74) is 1.47. The highest BCUT2D eigenvalue weighted by molar-refractivity contribution is 5.90. The van der Waals surface area contributed by atoms with Crippen LogP contribution in [0.4, 0.5) is 5.82 Å². The molecule has 0 radical (unpaired) electrons. The summed E-state index contributed by atoms with van der Waals surface area (Å²) in [6, 6.07) is 8.99. The maximum atomic E-state index is 12.6. The van der Waals surface area contributed by atoms with Crippen molar-refractivity contribution in [3.63, 3.8) is 0 Å². The number of hydrogen-bond donors (Lipinski definition) is 2. The monoisotopic (exact) mass is 337 g/mol. The van der Waals surface area contributed by atoms with Crippen molar-refractivity contribution in [1.29, 1.82) is 0 Å². The topological polar surface area (TPSA) is 92.7 Å². The SMILES string of the molecule is Cc1nc2ccccc2c(=O)n1CC(=O)Nc1cc([C@@H]2C[C@@H]2C)[nH]n1. The highest BCUT2D eigenvalue weighted by atomic mass is 16.2. The smallest absolute Gasteiger partial charge is 0.261 e.